The lowest BCUT2D eigenvalue weighted by atomic mass is 10.1. The van der Waals surface area contributed by atoms with Crippen LogP contribution in [0.1, 0.15) is 22.8 Å². The molecule has 2 aromatic heterocycles. The number of aromatic nitrogens is 3. The van der Waals surface area contributed by atoms with Gasteiger partial charge in [0, 0.05) is 25.9 Å². The summed E-state index contributed by atoms with van der Waals surface area (Å²) >= 11 is 0. The number of nitrogens with one attached hydrogen (secondary N) is 5. The van der Waals surface area contributed by atoms with E-state index >= 15 is 0 Å². The number of amides is 2. The molecule has 0 unspecified atom stereocenters. The first-order valence-electron chi connectivity index (χ1n) is 13.0. The lowest BCUT2D eigenvalue weighted by Gasteiger charge is -2.22. The number of benzene rings is 2. The first kappa shape index (κ1) is 26.9. The van der Waals surface area contributed by atoms with Crippen molar-refractivity contribution in [3.8, 4) is 5.75 Å². The number of hydrogen-bond donors (Lipinski definition) is 4. The van der Waals surface area contributed by atoms with Gasteiger partial charge in [-0.15, -0.1) is 0 Å². The Morgan fingerprint density at radius 2 is 2.05 bits per heavy atom. The standard InChI is InChI=1S/C28H31FN8O3/c1-5-36(3)15-23(38)37-12-10-16-13-22(40-4)20(14-21(16)37)33-28-34-25-17(9-11-31-25)26(35-28)32-19-8-6-7-18(29)24(19)27(39)30-2/h6-9,11,13-14H,5,10,12,15H2,1-4H3,(H,30,39)(H3,31,32,33,34,35)/p+1. The molecule has 0 saturated carbocycles. The number of rotatable bonds is 9. The molecule has 11 nitrogen and oxygen atoms in total. The van der Waals surface area contributed by atoms with E-state index in [0.29, 0.717) is 47.3 Å². The Hall–Kier alpha value is -4.71. The van der Waals surface area contributed by atoms with Crippen molar-refractivity contribution in [2.75, 3.05) is 56.4 Å². The van der Waals surface area contributed by atoms with E-state index in [1.807, 2.05) is 37.1 Å². The fraction of sp³-hybridized carbons (Fsp3) is 0.286. The molecule has 1 aliphatic rings. The summed E-state index contributed by atoms with van der Waals surface area (Å²) in [6.45, 7) is 3.73. The predicted octanol–water partition coefficient (Wildman–Crippen LogP) is 3.21. The Labute approximate surface area is 230 Å². The van der Waals surface area contributed by atoms with Crippen LogP contribution in [0.25, 0.3) is 11.0 Å². The number of carbonyl (C=O) groups is 2. The molecule has 2 amide bonds. The SMILES string of the molecule is CCN(C)CC(=O)N1CCc2cc(OC)c(Nc3nc(Nc4cccc(F)c4C(=O)NC)c4cc[nH]c4[nH+]3)cc21. The summed E-state index contributed by atoms with van der Waals surface area (Å²) in [5.74, 6) is 0.178. The lowest BCUT2D eigenvalue weighted by Crippen LogP contribution is -2.38. The van der Waals surface area contributed by atoms with Crippen LogP contribution in [-0.2, 0) is 11.2 Å². The highest BCUT2D eigenvalue weighted by atomic mass is 19.1. The Kier molecular flexibility index (Phi) is 7.52. The number of likely N-dealkylation sites (N-methyl/N-ethyl adjacent to an activating group) is 1. The molecule has 4 aromatic rings. The zero-order chi connectivity index (χ0) is 28.4. The van der Waals surface area contributed by atoms with E-state index in [9.17, 15) is 14.0 Å². The highest BCUT2D eigenvalue weighted by molar-refractivity contribution is 6.01. The van der Waals surface area contributed by atoms with Crippen molar-refractivity contribution in [2.24, 2.45) is 0 Å². The van der Waals surface area contributed by atoms with Crippen LogP contribution < -0.4 is 30.6 Å². The van der Waals surface area contributed by atoms with Crippen molar-refractivity contribution in [1.29, 1.82) is 0 Å². The van der Waals surface area contributed by atoms with Gasteiger partial charge in [-0.2, -0.15) is 0 Å². The summed E-state index contributed by atoms with van der Waals surface area (Å²) in [6.07, 6.45) is 2.48. The molecule has 0 bridgehead atoms. The predicted molar refractivity (Wildman–Crippen MR) is 151 cm³/mol. The number of hydrogen-bond acceptors (Lipinski definition) is 7. The molecule has 208 valence electrons. The second kappa shape index (κ2) is 11.2. The average molecular weight is 548 g/mol. The van der Waals surface area contributed by atoms with Gasteiger partial charge in [-0.25, -0.2) is 9.37 Å². The number of fused-ring (bicyclic) bond motifs is 2. The van der Waals surface area contributed by atoms with Crippen molar-refractivity contribution in [3.05, 3.63) is 59.5 Å². The van der Waals surface area contributed by atoms with Crippen LogP contribution in [0.2, 0.25) is 0 Å². The Morgan fingerprint density at radius 1 is 1.23 bits per heavy atom. The fourth-order valence-corrected chi connectivity index (χ4v) is 4.75. The zero-order valence-electron chi connectivity index (χ0n) is 22.8. The van der Waals surface area contributed by atoms with Gasteiger partial charge in [0.05, 0.1) is 36.0 Å². The normalized spacial score (nSPS) is 12.5. The minimum absolute atomic E-state index is 0.0326. The molecule has 12 heteroatoms. The molecule has 0 fully saturated rings. The van der Waals surface area contributed by atoms with Gasteiger partial charge in [-0.1, -0.05) is 18.0 Å². The van der Waals surface area contributed by atoms with Crippen molar-refractivity contribution < 1.29 is 23.7 Å². The monoisotopic (exact) mass is 547 g/mol. The minimum atomic E-state index is -0.650. The maximum Gasteiger partial charge on any atom is 0.351 e. The molecule has 5 rings (SSSR count). The van der Waals surface area contributed by atoms with Gasteiger partial charge in [-0.3, -0.25) is 24.8 Å². The summed E-state index contributed by atoms with van der Waals surface area (Å²) in [5.41, 5.74) is 3.28. The number of ether oxygens (including phenoxy) is 1. The molecule has 0 atom stereocenters. The van der Waals surface area contributed by atoms with Crippen LogP contribution >= 0.6 is 0 Å². The number of halogens is 1. The number of aromatic amines is 2. The number of anilines is 5. The molecular formula is C28H32FN8O3+. The van der Waals surface area contributed by atoms with Crippen molar-refractivity contribution >= 4 is 51.7 Å². The largest absolute Gasteiger partial charge is 0.493 e. The Bertz CT molecular complexity index is 1590. The van der Waals surface area contributed by atoms with E-state index < -0.39 is 11.7 Å². The van der Waals surface area contributed by atoms with Crippen molar-refractivity contribution in [1.82, 2.24) is 20.2 Å². The van der Waals surface area contributed by atoms with E-state index in [0.717, 1.165) is 24.2 Å². The maximum absolute atomic E-state index is 14.6. The smallest absolute Gasteiger partial charge is 0.351 e. The molecule has 0 aliphatic carbocycles. The van der Waals surface area contributed by atoms with Gasteiger partial charge in [0.1, 0.15) is 11.5 Å². The van der Waals surface area contributed by atoms with Crippen LogP contribution in [0.3, 0.4) is 0 Å². The molecule has 0 radical (unpaired) electrons. The highest BCUT2D eigenvalue weighted by Gasteiger charge is 2.28. The minimum Gasteiger partial charge on any atom is -0.493 e. The molecule has 0 spiro atoms. The van der Waals surface area contributed by atoms with E-state index in [2.05, 4.69) is 25.9 Å². The van der Waals surface area contributed by atoms with E-state index in [1.54, 1.807) is 24.3 Å². The van der Waals surface area contributed by atoms with E-state index in [1.165, 1.54) is 19.2 Å². The van der Waals surface area contributed by atoms with Crippen LogP contribution in [0.4, 0.5) is 33.2 Å². The quantitative estimate of drug-likeness (QED) is 0.253. The molecule has 1 aliphatic heterocycles. The van der Waals surface area contributed by atoms with Gasteiger partial charge in [-0.05, 0) is 49.8 Å². The first-order valence-corrected chi connectivity index (χ1v) is 13.0. The second-order valence-electron chi connectivity index (χ2n) is 9.50. The van der Waals surface area contributed by atoms with Gasteiger partial charge >= 0.3 is 5.95 Å². The van der Waals surface area contributed by atoms with Gasteiger partial charge in [0.2, 0.25) is 17.4 Å². The van der Waals surface area contributed by atoms with Gasteiger partial charge in [0.15, 0.2) is 5.75 Å². The first-order chi connectivity index (χ1) is 19.3. The average Bonchev–Trinajstić information content (AvgIpc) is 3.59. The second-order valence-corrected chi connectivity index (χ2v) is 9.50. The van der Waals surface area contributed by atoms with Crippen molar-refractivity contribution in [2.45, 2.75) is 13.3 Å². The summed E-state index contributed by atoms with van der Waals surface area (Å²) in [5, 5.41) is 9.58. The van der Waals surface area contributed by atoms with Crippen LogP contribution in [0, 0.1) is 5.82 Å². The summed E-state index contributed by atoms with van der Waals surface area (Å²) in [6, 6.07) is 10.0. The fourth-order valence-electron chi connectivity index (χ4n) is 4.75. The van der Waals surface area contributed by atoms with Crippen LogP contribution in [0.15, 0.2) is 42.6 Å². The number of H-pyrrole nitrogens is 2. The third kappa shape index (κ3) is 5.13. The topological polar surface area (TPSA) is 129 Å². The molecular weight excluding hydrogens is 515 g/mol. The number of carbonyl (C=O) groups excluding carboxylic acids is 2. The summed E-state index contributed by atoms with van der Waals surface area (Å²) in [4.78, 5) is 40.2. The number of nitrogens with zero attached hydrogens (tertiary/aromatic N) is 3. The third-order valence-electron chi connectivity index (χ3n) is 6.99. The molecule has 40 heavy (non-hydrogen) atoms. The van der Waals surface area contributed by atoms with Crippen LogP contribution in [0.5, 0.6) is 5.75 Å². The van der Waals surface area contributed by atoms with E-state index in [-0.39, 0.29) is 17.2 Å². The highest BCUT2D eigenvalue weighted by Crippen LogP contribution is 2.38. The molecule has 3 heterocycles. The summed E-state index contributed by atoms with van der Waals surface area (Å²) < 4.78 is 20.3. The van der Waals surface area contributed by atoms with Crippen molar-refractivity contribution in [3.63, 3.8) is 0 Å². The number of methoxy groups -OCH3 is 1. The summed E-state index contributed by atoms with van der Waals surface area (Å²) in [7, 11) is 4.95. The maximum atomic E-state index is 14.6. The lowest BCUT2D eigenvalue weighted by molar-refractivity contribution is -0.333. The van der Waals surface area contributed by atoms with Gasteiger partial charge in [0.25, 0.3) is 5.91 Å². The van der Waals surface area contributed by atoms with Crippen LogP contribution in [-0.4, -0.2) is 67.5 Å². The molecule has 5 N–H and O–H groups in total. The Morgan fingerprint density at radius 3 is 2.80 bits per heavy atom. The third-order valence-corrected chi connectivity index (χ3v) is 6.99. The van der Waals surface area contributed by atoms with E-state index in [4.69, 9.17) is 9.72 Å². The van der Waals surface area contributed by atoms with Gasteiger partial charge < -0.3 is 20.3 Å². The zero-order valence-corrected chi connectivity index (χ0v) is 22.8. The molecule has 0 saturated heterocycles. The Balaban J connectivity index is 1.50. The molecule has 2 aromatic carbocycles.